The molecule has 1 N–H and O–H groups in total. The van der Waals surface area contributed by atoms with Crippen molar-refractivity contribution in [3.05, 3.63) is 144 Å². The standard InChI is InChI=1S/C33H35NO5/c35-34(21-26-13-5-1-6-14-26)33-32(38-24-29-19-11-4-12-20-29)31(37-23-28-17-9-3-10-18-28)30(39-33)25-36-22-27-15-7-2-8-16-27/h1-20,30-33,35H,21-25H2/t30-,31-,32-,33?/m1/s1. The van der Waals surface area contributed by atoms with E-state index in [0.29, 0.717) is 33.0 Å². The maximum atomic E-state index is 11.2. The van der Waals surface area contributed by atoms with Gasteiger partial charge in [0.05, 0.1) is 33.0 Å². The van der Waals surface area contributed by atoms with Gasteiger partial charge >= 0.3 is 0 Å². The van der Waals surface area contributed by atoms with E-state index in [2.05, 4.69) is 0 Å². The van der Waals surface area contributed by atoms with Gasteiger partial charge in [0.1, 0.15) is 18.3 Å². The lowest BCUT2D eigenvalue weighted by Crippen LogP contribution is -2.44. The molecule has 1 fully saturated rings. The molecule has 202 valence electrons. The molecule has 1 unspecified atom stereocenters. The van der Waals surface area contributed by atoms with Crippen molar-refractivity contribution < 1.29 is 24.2 Å². The van der Waals surface area contributed by atoms with E-state index >= 15 is 0 Å². The molecule has 0 radical (unpaired) electrons. The number of benzene rings is 4. The predicted molar refractivity (Wildman–Crippen MR) is 149 cm³/mol. The van der Waals surface area contributed by atoms with Crippen molar-refractivity contribution in [2.45, 2.75) is 50.9 Å². The SMILES string of the molecule is ON(Cc1ccccc1)C1O[C@H](COCc2ccccc2)[C@@H](OCc2ccccc2)[C@H]1OCc1ccccc1. The lowest BCUT2D eigenvalue weighted by atomic mass is 10.1. The Bertz CT molecular complexity index is 1230. The molecule has 0 spiro atoms. The van der Waals surface area contributed by atoms with Gasteiger partial charge in [-0.1, -0.05) is 121 Å². The summed E-state index contributed by atoms with van der Waals surface area (Å²) < 4.78 is 25.4. The van der Waals surface area contributed by atoms with Gasteiger partial charge < -0.3 is 24.2 Å². The van der Waals surface area contributed by atoms with E-state index in [-0.39, 0.29) is 0 Å². The van der Waals surface area contributed by atoms with Gasteiger partial charge in [-0.05, 0) is 22.3 Å². The molecule has 0 aliphatic carbocycles. The number of hydrogen-bond acceptors (Lipinski definition) is 6. The molecule has 6 nitrogen and oxygen atoms in total. The Morgan fingerprint density at radius 3 is 1.51 bits per heavy atom. The highest BCUT2D eigenvalue weighted by molar-refractivity contribution is 5.16. The third-order valence-corrected chi connectivity index (χ3v) is 6.73. The Morgan fingerprint density at radius 2 is 1.00 bits per heavy atom. The van der Waals surface area contributed by atoms with Crippen molar-refractivity contribution in [1.82, 2.24) is 5.06 Å². The molecule has 4 atom stereocenters. The van der Waals surface area contributed by atoms with E-state index in [1.54, 1.807) is 0 Å². The van der Waals surface area contributed by atoms with Crippen molar-refractivity contribution in [3.63, 3.8) is 0 Å². The second-order valence-electron chi connectivity index (χ2n) is 9.67. The first-order valence-electron chi connectivity index (χ1n) is 13.3. The largest absolute Gasteiger partial charge is 0.374 e. The number of ether oxygens (including phenoxy) is 4. The van der Waals surface area contributed by atoms with Gasteiger partial charge in [-0.25, -0.2) is 0 Å². The third-order valence-electron chi connectivity index (χ3n) is 6.73. The molecule has 4 aromatic carbocycles. The molecule has 1 aliphatic heterocycles. The van der Waals surface area contributed by atoms with Crippen LogP contribution in [0.25, 0.3) is 0 Å². The molecule has 0 aromatic heterocycles. The highest BCUT2D eigenvalue weighted by Crippen LogP contribution is 2.31. The Hall–Kier alpha value is -3.36. The highest BCUT2D eigenvalue weighted by Gasteiger charge is 2.49. The lowest BCUT2D eigenvalue weighted by Gasteiger charge is -2.28. The summed E-state index contributed by atoms with van der Waals surface area (Å²) in [6.07, 6.45) is -2.18. The zero-order chi connectivity index (χ0) is 26.7. The van der Waals surface area contributed by atoms with Gasteiger partial charge in [0, 0.05) is 0 Å². The summed E-state index contributed by atoms with van der Waals surface area (Å²) in [6.45, 7) is 1.81. The summed E-state index contributed by atoms with van der Waals surface area (Å²) in [4.78, 5) is 0. The van der Waals surface area contributed by atoms with Crippen LogP contribution in [-0.2, 0) is 45.3 Å². The lowest BCUT2D eigenvalue weighted by molar-refractivity contribution is -0.244. The van der Waals surface area contributed by atoms with Gasteiger partial charge in [-0.3, -0.25) is 0 Å². The van der Waals surface area contributed by atoms with Crippen LogP contribution in [0, 0.1) is 0 Å². The summed E-state index contributed by atoms with van der Waals surface area (Å²) in [6, 6.07) is 39.9. The van der Waals surface area contributed by atoms with Crippen LogP contribution in [0.15, 0.2) is 121 Å². The second kappa shape index (κ2) is 14.1. The minimum absolute atomic E-state index is 0.291. The molecule has 1 saturated heterocycles. The first-order valence-corrected chi connectivity index (χ1v) is 13.3. The average molecular weight is 526 g/mol. The first kappa shape index (κ1) is 27.2. The zero-order valence-electron chi connectivity index (χ0n) is 21.9. The number of nitrogens with zero attached hydrogens (tertiary/aromatic N) is 1. The van der Waals surface area contributed by atoms with E-state index in [4.69, 9.17) is 18.9 Å². The van der Waals surface area contributed by atoms with Gasteiger partial charge in [0.25, 0.3) is 0 Å². The quantitative estimate of drug-likeness (QED) is 0.216. The smallest absolute Gasteiger partial charge is 0.162 e. The summed E-state index contributed by atoms with van der Waals surface area (Å²) in [5.74, 6) is 0. The maximum Gasteiger partial charge on any atom is 0.162 e. The zero-order valence-corrected chi connectivity index (χ0v) is 21.9. The Morgan fingerprint density at radius 1 is 0.564 bits per heavy atom. The molecule has 1 heterocycles. The molecule has 0 bridgehead atoms. The molecule has 0 amide bonds. The molecular weight excluding hydrogens is 490 g/mol. The molecule has 4 aromatic rings. The molecule has 0 saturated carbocycles. The van der Waals surface area contributed by atoms with Gasteiger partial charge in [0.15, 0.2) is 6.23 Å². The normalized spacial score (nSPS) is 20.9. The van der Waals surface area contributed by atoms with E-state index in [0.717, 1.165) is 22.3 Å². The van der Waals surface area contributed by atoms with E-state index in [1.807, 2.05) is 121 Å². The van der Waals surface area contributed by atoms with Crippen molar-refractivity contribution >= 4 is 0 Å². The molecular formula is C33H35NO5. The van der Waals surface area contributed by atoms with Crippen LogP contribution >= 0.6 is 0 Å². The molecule has 1 aliphatic rings. The van der Waals surface area contributed by atoms with Crippen LogP contribution in [0.4, 0.5) is 0 Å². The molecule has 5 rings (SSSR count). The summed E-state index contributed by atoms with van der Waals surface area (Å²) in [5.41, 5.74) is 4.14. The van der Waals surface area contributed by atoms with Crippen LogP contribution in [-0.4, -0.2) is 41.4 Å². The topological polar surface area (TPSA) is 60.4 Å². The van der Waals surface area contributed by atoms with Crippen LogP contribution in [0.5, 0.6) is 0 Å². The average Bonchev–Trinajstić information content (AvgIpc) is 3.34. The maximum absolute atomic E-state index is 11.2. The Balaban J connectivity index is 1.35. The van der Waals surface area contributed by atoms with E-state index < -0.39 is 24.5 Å². The third kappa shape index (κ3) is 7.83. The summed E-state index contributed by atoms with van der Waals surface area (Å²) >= 11 is 0. The fourth-order valence-corrected chi connectivity index (χ4v) is 4.72. The predicted octanol–water partition coefficient (Wildman–Crippen LogP) is 5.99. The summed E-state index contributed by atoms with van der Waals surface area (Å²) in [5, 5.41) is 12.4. The van der Waals surface area contributed by atoms with Crippen LogP contribution in [0.3, 0.4) is 0 Å². The minimum Gasteiger partial charge on any atom is -0.374 e. The number of hydroxylamine groups is 2. The van der Waals surface area contributed by atoms with Gasteiger partial charge in [-0.2, -0.15) is 5.06 Å². The fraction of sp³-hybridized carbons (Fsp3) is 0.273. The summed E-state index contributed by atoms with van der Waals surface area (Å²) in [7, 11) is 0. The van der Waals surface area contributed by atoms with E-state index in [9.17, 15) is 5.21 Å². The fourth-order valence-electron chi connectivity index (χ4n) is 4.72. The van der Waals surface area contributed by atoms with Crippen LogP contribution < -0.4 is 0 Å². The van der Waals surface area contributed by atoms with Crippen molar-refractivity contribution in [2.24, 2.45) is 0 Å². The first-order chi connectivity index (χ1) is 19.3. The number of rotatable bonds is 13. The minimum atomic E-state index is -0.736. The van der Waals surface area contributed by atoms with Crippen LogP contribution in [0.1, 0.15) is 22.3 Å². The molecule has 39 heavy (non-hydrogen) atoms. The van der Waals surface area contributed by atoms with Crippen molar-refractivity contribution in [2.75, 3.05) is 6.61 Å². The van der Waals surface area contributed by atoms with Crippen LogP contribution in [0.2, 0.25) is 0 Å². The Labute approximate surface area is 230 Å². The van der Waals surface area contributed by atoms with Gasteiger partial charge in [-0.15, -0.1) is 0 Å². The number of hydrogen-bond donors (Lipinski definition) is 1. The van der Waals surface area contributed by atoms with Crippen molar-refractivity contribution in [1.29, 1.82) is 0 Å². The highest BCUT2D eigenvalue weighted by atomic mass is 16.7. The van der Waals surface area contributed by atoms with E-state index in [1.165, 1.54) is 5.06 Å². The Kier molecular flexibility index (Phi) is 9.87. The van der Waals surface area contributed by atoms with Gasteiger partial charge in [0.2, 0.25) is 0 Å². The monoisotopic (exact) mass is 525 g/mol. The molecule has 6 heteroatoms. The van der Waals surface area contributed by atoms with Crippen molar-refractivity contribution in [3.8, 4) is 0 Å². The second-order valence-corrected chi connectivity index (χ2v) is 9.67.